The Morgan fingerprint density at radius 3 is 2.23 bits per heavy atom. The molecule has 1 heterocycles. The molecule has 0 spiro atoms. The molecule has 3 rings (SSSR count). The number of nitrogens with zero attached hydrogens (tertiary/aromatic N) is 2. The third kappa shape index (κ3) is 5.70. The second-order valence-corrected chi connectivity index (χ2v) is 6.89. The largest absolute Gasteiger partial charge is 0.479 e. The molecule has 0 aliphatic rings. The van der Waals surface area contributed by atoms with Crippen molar-refractivity contribution in [1.29, 1.82) is 0 Å². The Morgan fingerprint density at radius 2 is 1.71 bits per heavy atom. The van der Waals surface area contributed by atoms with Gasteiger partial charge in [-0.15, -0.1) is 5.10 Å². The zero-order valence-corrected chi connectivity index (χ0v) is 16.9. The molecular weight excluding hydrogens is 433 g/mol. The molecule has 0 radical (unpaired) electrons. The predicted molar refractivity (Wildman–Crippen MR) is 110 cm³/mol. The first-order valence-corrected chi connectivity index (χ1v) is 9.19. The van der Waals surface area contributed by atoms with Gasteiger partial charge in [-0.3, -0.25) is 0 Å². The van der Waals surface area contributed by atoms with Crippen molar-refractivity contribution >= 4 is 34.4 Å². The Labute approximate surface area is 180 Å². The lowest BCUT2D eigenvalue weighted by Gasteiger charge is -2.16. The lowest BCUT2D eigenvalue weighted by molar-refractivity contribution is -0.165. The Hall–Kier alpha value is -3.18. The molecule has 0 unspecified atom stereocenters. The zero-order chi connectivity index (χ0) is 23.3. The number of hydrogen-bond donors (Lipinski definition) is 5. The number of rotatable bonds is 5. The average molecular weight is 452 g/mol. The van der Waals surface area contributed by atoms with Crippen LogP contribution < -0.4 is 5.73 Å². The van der Waals surface area contributed by atoms with Crippen LogP contribution in [-0.2, 0) is 9.59 Å². The first-order chi connectivity index (χ1) is 14.5. The van der Waals surface area contributed by atoms with Gasteiger partial charge in [-0.1, -0.05) is 23.7 Å². The minimum absolute atomic E-state index is 0.257. The number of aromatic nitrogens is 2. The van der Waals surface area contributed by atoms with Gasteiger partial charge in [0.1, 0.15) is 11.3 Å². The van der Waals surface area contributed by atoms with E-state index in [0.29, 0.717) is 16.1 Å². The molecule has 3 aromatic rings. The van der Waals surface area contributed by atoms with Crippen molar-refractivity contribution in [2.24, 2.45) is 5.73 Å². The highest BCUT2D eigenvalue weighted by atomic mass is 35.5. The average Bonchev–Trinajstić information content (AvgIpc) is 2.72. The molecule has 0 fully saturated rings. The molecule has 164 valence electrons. The number of fused-ring (bicyclic) bond motifs is 1. The summed E-state index contributed by atoms with van der Waals surface area (Å²) in [5.41, 5.74) is 8.98. The van der Waals surface area contributed by atoms with Crippen LogP contribution in [0, 0.1) is 5.82 Å². The lowest BCUT2D eigenvalue weighted by atomic mass is 9.93. The van der Waals surface area contributed by atoms with Crippen LogP contribution >= 0.6 is 11.6 Å². The van der Waals surface area contributed by atoms with Gasteiger partial charge in [-0.05, 0) is 42.3 Å². The molecule has 6 N–H and O–H groups in total. The molecule has 11 heteroatoms. The Bertz CT molecular complexity index is 1090. The van der Waals surface area contributed by atoms with Crippen molar-refractivity contribution in [3.63, 3.8) is 0 Å². The van der Waals surface area contributed by atoms with Crippen LogP contribution in [0.2, 0.25) is 5.02 Å². The normalized spacial score (nSPS) is 13.6. The highest BCUT2D eigenvalue weighted by molar-refractivity contribution is 6.36. The minimum atomic E-state index is -2.27. The molecule has 0 saturated carbocycles. The Balaban J connectivity index is 0.000000291. The topological polar surface area (TPSA) is 167 Å². The van der Waals surface area contributed by atoms with E-state index in [2.05, 4.69) is 10.2 Å². The quantitative estimate of drug-likeness (QED) is 0.389. The number of benzene rings is 2. The van der Waals surface area contributed by atoms with Gasteiger partial charge in [0.05, 0.1) is 11.2 Å². The number of hydrogen-bond acceptors (Lipinski definition) is 7. The van der Waals surface area contributed by atoms with Crippen LogP contribution in [0.5, 0.6) is 0 Å². The van der Waals surface area contributed by atoms with Gasteiger partial charge in [-0.2, -0.15) is 5.10 Å². The van der Waals surface area contributed by atoms with Gasteiger partial charge in [-0.25, -0.2) is 14.0 Å². The van der Waals surface area contributed by atoms with E-state index in [-0.39, 0.29) is 11.9 Å². The van der Waals surface area contributed by atoms with Crippen LogP contribution in [0.4, 0.5) is 4.39 Å². The van der Waals surface area contributed by atoms with Gasteiger partial charge in [0.15, 0.2) is 12.2 Å². The van der Waals surface area contributed by atoms with Crippen LogP contribution in [0.1, 0.15) is 18.5 Å². The maximum atomic E-state index is 13.6. The van der Waals surface area contributed by atoms with Crippen LogP contribution in [0.3, 0.4) is 0 Å². The molecule has 0 aliphatic heterocycles. The molecule has 9 nitrogen and oxygen atoms in total. The third-order valence-electron chi connectivity index (χ3n) is 4.19. The smallest absolute Gasteiger partial charge is 0.335 e. The van der Waals surface area contributed by atoms with Gasteiger partial charge < -0.3 is 26.2 Å². The minimum Gasteiger partial charge on any atom is -0.479 e. The summed E-state index contributed by atoms with van der Waals surface area (Å²) in [4.78, 5) is 19.5. The van der Waals surface area contributed by atoms with E-state index in [1.165, 1.54) is 12.1 Å². The Morgan fingerprint density at radius 1 is 1.10 bits per heavy atom. The summed E-state index contributed by atoms with van der Waals surface area (Å²) in [5, 5.41) is 42.0. The van der Waals surface area contributed by atoms with Gasteiger partial charge in [0.2, 0.25) is 0 Å². The number of aliphatic hydroxyl groups is 2. The number of aliphatic carboxylic acids is 2. The van der Waals surface area contributed by atoms with Gasteiger partial charge >= 0.3 is 11.9 Å². The van der Waals surface area contributed by atoms with Crippen molar-refractivity contribution in [2.75, 3.05) is 0 Å². The monoisotopic (exact) mass is 451 g/mol. The fourth-order valence-corrected chi connectivity index (χ4v) is 2.98. The number of nitrogens with two attached hydrogens (primary N) is 1. The third-order valence-corrected chi connectivity index (χ3v) is 4.51. The zero-order valence-electron chi connectivity index (χ0n) is 16.1. The summed E-state index contributed by atoms with van der Waals surface area (Å²) in [7, 11) is 0. The second-order valence-electron chi connectivity index (χ2n) is 6.48. The Kier molecular flexibility index (Phi) is 7.95. The van der Waals surface area contributed by atoms with Crippen molar-refractivity contribution in [3.05, 3.63) is 59.0 Å². The summed E-state index contributed by atoms with van der Waals surface area (Å²) in [5.74, 6) is -3.85. The summed E-state index contributed by atoms with van der Waals surface area (Å²) in [6, 6.07) is 9.70. The number of halogens is 2. The summed E-state index contributed by atoms with van der Waals surface area (Å²) < 4.78 is 13.6. The van der Waals surface area contributed by atoms with E-state index < -0.39 is 24.1 Å². The first-order valence-electron chi connectivity index (χ1n) is 8.81. The van der Waals surface area contributed by atoms with Crippen molar-refractivity contribution < 1.29 is 34.4 Å². The second kappa shape index (κ2) is 10.2. The van der Waals surface area contributed by atoms with Crippen LogP contribution in [0.25, 0.3) is 22.0 Å². The van der Waals surface area contributed by atoms with E-state index in [9.17, 15) is 14.0 Å². The van der Waals surface area contributed by atoms with Crippen LogP contribution in [0.15, 0.2) is 42.6 Å². The summed E-state index contributed by atoms with van der Waals surface area (Å²) in [6.07, 6.45) is -2.95. The number of carboxylic acid groups (broad SMARTS) is 2. The van der Waals surface area contributed by atoms with Crippen LogP contribution in [-0.4, -0.2) is 54.8 Å². The van der Waals surface area contributed by atoms with E-state index in [0.717, 1.165) is 16.5 Å². The maximum absolute atomic E-state index is 13.6. The fraction of sp³-hybridized carbons (Fsp3) is 0.200. The first kappa shape index (κ1) is 24.1. The molecule has 0 saturated heterocycles. The van der Waals surface area contributed by atoms with Crippen molar-refractivity contribution in [1.82, 2.24) is 10.2 Å². The molecular formula is C20H19ClFN3O6. The van der Waals surface area contributed by atoms with Crippen molar-refractivity contribution in [2.45, 2.75) is 25.2 Å². The standard InChI is InChI=1S/C16H13ClFN3.C4H6O6/c1-9(19)13-8-14(17)12-5-6-20-21-16(12)15(13)10-3-2-4-11(18)7-10;5-1(3(7)8)2(6)4(9)10/h2-9H,19H2,1H3;1-2,5-6H,(H,7,8)(H,9,10)/t9-;1-,2-/m01/s1. The van der Waals surface area contributed by atoms with Gasteiger partial charge in [0.25, 0.3) is 0 Å². The molecule has 3 atom stereocenters. The predicted octanol–water partition coefficient (Wildman–Crippen LogP) is 1.99. The maximum Gasteiger partial charge on any atom is 0.335 e. The highest BCUT2D eigenvalue weighted by Gasteiger charge is 2.29. The van der Waals surface area contributed by atoms with E-state index in [1.54, 1.807) is 18.3 Å². The fourth-order valence-electron chi connectivity index (χ4n) is 2.71. The number of carboxylic acids is 2. The molecule has 0 aliphatic carbocycles. The molecule has 31 heavy (non-hydrogen) atoms. The molecule has 0 amide bonds. The summed E-state index contributed by atoms with van der Waals surface area (Å²) >= 11 is 6.30. The van der Waals surface area contributed by atoms with E-state index >= 15 is 0 Å². The highest BCUT2D eigenvalue weighted by Crippen LogP contribution is 2.37. The summed E-state index contributed by atoms with van der Waals surface area (Å²) in [6.45, 7) is 1.86. The SMILES string of the molecule is C[C@H](N)c1cc(Cl)c2ccnnc2c1-c1cccc(F)c1.O=C(O)[C@H](O)[C@@H](O)C(=O)O. The molecule has 1 aromatic heterocycles. The van der Waals surface area contributed by atoms with Gasteiger partial charge in [0, 0.05) is 17.0 Å². The lowest BCUT2D eigenvalue weighted by Crippen LogP contribution is -2.39. The van der Waals surface area contributed by atoms with E-state index in [1.807, 2.05) is 19.1 Å². The number of carbonyl (C=O) groups is 2. The number of aliphatic hydroxyl groups excluding tert-OH is 2. The molecule has 0 bridgehead atoms. The van der Waals surface area contributed by atoms with Crippen molar-refractivity contribution in [3.8, 4) is 11.1 Å². The molecule has 2 aromatic carbocycles. The van der Waals surface area contributed by atoms with E-state index in [4.69, 9.17) is 37.8 Å².